The third-order valence-corrected chi connectivity index (χ3v) is 8.78. The Hall–Kier alpha value is -7.13. The fourth-order valence-electron chi connectivity index (χ4n) is 6.27. The van der Waals surface area contributed by atoms with Gasteiger partial charge in [0.25, 0.3) is 17.4 Å². The number of aromatic nitrogens is 2. The molecule has 7 aromatic rings. The molecular formula is C42H30N6O3. The van der Waals surface area contributed by atoms with Crippen molar-refractivity contribution in [2.75, 3.05) is 16.5 Å². The summed E-state index contributed by atoms with van der Waals surface area (Å²) in [4.78, 5) is 49.7. The first-order valence-corrected chi connectivity index (χ1v) is 16.4. The van der Waals surface area contributed by atoms with Crippen LogP contribution < -0.4 is 20.8 Å². The zero-order valence-corrected chi connectivity index (χ0v) is 27.3. The van der Waals surface area contributed by atoms with E-state index >= 15 is 0 Å². The molecule has 0 unspecified atom stereocenters. The van der Waals surface area contributed by atoms with Gasteiger partial charge < -0.3 is 4.90 Å². The molecule has 9 heteroatoms. The van der Waals surface area contributed by atoms with Gasteiger partial charge in [0.15, 0.2) is 5.71 Å². The Morgan fingerprint density at radius 3 is 1.94 bits per heavy atom. The third kappa shape index (κ3) is 5.93. The van der Waals surface area contributed by atoms with Crippen LogP contribution in [0.25, 0.3) is 28.0 Å². The van der Waals surface area contributed by atoms with E-state index in [1.807, 2.05) is 133 Å². The van der Waals surface area contributed by atoms with Crippen molar-refractivity contribution in [1.82, 2.24) is 15.0 Å². The number of nitrogens with zero attached hydrogens (tertiary/aromatic N) is 5. The maximum atomic E-state index is 14.0. The Labute approximate surface area is 293 Å². The highest BCUT2D eigenvalue weighted by atomic mass is 16.2. The molecule has 246 valence electrons. The molecule has 0 bridgehead atoms. The van der Waals surface area contributed by atoms with Gasteiger partial charge in [-0.25, -0.2) is 10.4 Å². The van der Waals surface area contributed by atoms with Gasteiger partial charge in [0, 0.05) is 28.1 Å². The van der Waals surface area contributed by atoms with E-state index in [-0.39, 0.29) is 23.8 Å². The van der Waals surface area contributed by atoms with E-state index < -0.39 is 5.91 Å². The second-order valence-corrected chi connectivity index (χ2v) is 11.9. The van der Waals surface area contributed by atoms with E-state index in [1.54, 1.807) is 39.8 Å². The van der Waals surface area contributed by atoms with E-state index in [1.165, 1.54) is 0 Å². The molecule has 9 nitrogen and oxygen atoms in total. The predicted octanol–water partition coefficient (Wildman–Crippen LogP) is 7.33. The highest BCUT2D eigenvalue weighted by Gasteiger charge is 2.35. The smallest absolute Gasteiger partial charge is 0.280 e. The molecule has 8 rings (SSSR count). The van der Waals surface area contributed by atoms with Gasteiger partial charge in [0.2, 0.25) is 0 Å². The molecule has 51 heavy (non-hydrogen) atoms. The van der Waals surface area contributed by atoms with Crippen molar-refractivity contribution in [3.8, 4) is 17.1 Å². The number of carbonyl (C=O) groups is 2. The van der Waals surface area contributed by atoms with Crippen LogP contribution in [-0.4, -0.2) is 33.7 Å². The summed E-state index contributed by atoms with van der Waals surface area (Å²) in [7, 11) is 0. The summed E-state index contributed by atoms with van der Waals surface area (Å²) < 4.78 is 1.55. The maximum Gasteiger partial charge on any atom is 0.280 e. The molecule has 0 aliphatic carbocycles. The van der Waals surface area contributed by atoms with Gasteiger partial charge in [-0.2, -0.15) is 5.10 Å². The molecule has 0 atom stereocenters. The largest absolute Gasteiger partial charge is 0.323 e. The van der Waals surface area contributed by atoms with Crippen LogP contribution in [0.4, 0.5) is 17.1 Å². The van der Waals surface area contributed by atoms with Crippen LogP contribution in [0, 0.1) is 0 Å². The first kappa shape index (κ1) is 31.2. The molecule has 2 amide bonds. The maximum absolute atomic E-state index is 14.0. The Morgan fingerprint density at radius 1 is 0.667 bits per heavy atom. The van der Waals surface area contributed by atoms with Crippen molar-refractivity contribution in [2.24, 2.45) is 5.10 Å². The fraction of sp³-hybridized carbons (Fsp3) is 0.0238. The van der Waals surface area contributed by atoms with Crippen LogP contribution in [0.3, 0.4) is 0 Å². The summed E-state index contributed by atoms with van der Waals surface area (Å²) in [6.07, 6.45) is 0. The summed E-state index contributed by atoms with van der Waals surface area (Å²) in [5.74, 6) is -0.343. The molecule has 0 fully saturated rings. The predicted molar refractivity (Wildman–Crippen MR) is 201 cm³/mol. The highest BCUT2D eigenvalue weighted by molar-refractivity contribution is 6.54. The van der Waals surface area contributed by atoms with E-state index in [0.717, 1.165) is 16.9 Å². The van der Waals surface area contributed by atoms with Gasteiger partial charge >= 0.3 is 0 Å². The highest BCUT2D eigenvalue weighted by Crippen LogP contribution is 2.33. The second kappa shape index (κ2) is 13.4. The van der Waals surface area contributed by atoms with E-state index in [9.17, 15) is 14.4 Å². The van der Waals surface area contributed by atoms with E-state index in [4.69, 9.17) is 4.98 Å². The van der Waals surface area contributed by atoms with Crippen LogP contribution >= 0.6 is 0 Å². The second-order valence-electron chi connectivity index (χ2n) is 11.9. The minimum Gasteiger partial charge on any atom is -0.323 e. The minimum atomic E-state index is -0.500. The SMILES string of the molecule is O=C(N/N=C1\C(=O)N(CN(c2ccccc2)c2ccccc2)c2ccccc21)c1ccc(-n2c(-c3ccccc3)nc3ccccc3c2=O)cc1. The quantitative estimate of drug-likeness (QED) is 0.171. The summed E-state index contributed by atoms with van der Waals surface area (Å²) in [5.41, 5.74) is 7.91. The third-order valence-electron chi connectivity index (χ3n) is 8.78. The van der Waals surface area contributed by atoms with Crippen LogP contribution in [0.15, 0.2) is 174 Å². The van der Waals surface area contributed by atoms with Gasteiger partial charge in [-0.15, -0.1) is 0 Å². The Bertz CT molecular complexity index is 2440. The van der Waals surface area contributed by atoms with Crippen molar-refractivity contribution in [3.05, 3.63) is 185 Å². The molecule has 2 heterocycles. The minimum absolute atomic E-state index is 0.137. The first-order valence-electron chi connectivity index (χ1n) is 16.4. The van der Waals surface area contributed by atoms with Crippen LogP contribution in [-0.2, 0) is 4.79 Å². The number of nitrogens with one attached hydrogen (secondary N) is 1. The molecule has 1 aliphatic rings. The van der Waals surface area contributed by atoms with Crippen molar-refractivity contribution in [1.29, 1.82) is 0 Å². The molecule has 0 saturated heterocycles. The zero-order valence-electron chi connectivity index (χ0n) is 27.3. The lowest BCUT2D eigenvalue weighted by atomic mass is 10.1. The Morgan fingerprint density at radius 2 is 1.25 bits per heavy atom. The molecule has 6 aromatic carbocycles. The lowest BCUT2D eigenvalue weighted by molar-refractivity contribution is -0.112. The van der Waals surface area contributed by atoms with Gasteiger partial charge in [0.05, 0.1) is 22.3 Å². The Kier molecular flexibility index (Phi) is 8.19. The van der Waals surface area contributed by atoms with E-state index in [0.29, 0.717) is 39.2 Å². The van der Waals surface area contributed by atoms with Crippen molar-refractivity contribution in [2.45, 2.75) is 0 Å². The number of hydrogen-bond donors (Lipinski definition) is 1. The lowest BCUT2D eigenvalue weighted by Gasteiger charge is -2.30. The molecule has 1 aromatic heterocycles. The van der Waals surface area contributed by atoms with Gasteiger partial charge in [-0.05, 0) is 66.7 Å². The number of anilines is 3. The number of rotatable bonds is 8. The van der Waals surface area contributed by atoms with Crippen molar-refractivity contribution in [3.63, 3.8) is 0 Å². The molecule has 1 N–H and O–H groups in total. The van der Waals surface area contributed by atoms with Gasteiger partial charge in [-0.3, -0.25) is 23.9 Å². The van der Waals surface area contributed by atoms with Crippen molar-refractivity contribution >= 4 is 45.5 Å². The van der Waals surface area contributed by atoms with Gasteiger partial charge in [0.1, 0.15) is 12.5 Å². The summed E-state index contributed by atoms with van der Waals surface area (Å²) in [5, 5.41) is 4.84. The molecule has 0 spiro atoms. The fourth-order valence-corrected chi connectivity index (χ4v) is 6.27. The lowest BCUT2D eigenvalue weighted by Crippen LogP contribution is -2.39. The topological polar surface area (TPSA) is 99.9 Å². The van der Waals surface area contributed by atoms with Crippen LogP contribution in [0.1, 0.15) is 15.9 Å². The van der Waals surface area contributed by atoms with Crippen LogP contribution in [0.5, 0.6) is 0 Å². The van der Waals surface area contributed by atoms with Crippen molar-refractivity contribution < 1.29 is 9.59 Å². The first-order chi connectivity index (χ1) is 25.1. The van der Waals surface area contributed by atoms with Gasteiger partial charge in [-0.1, -0.05) is 97.1 Å². The number of hydrazone groups is 1. The normalized spacial score (nSPS) is 13.0. The van der Waals surface area contributed by atoms with E-state index in [2.05, 4.69) is 15.4 Å². The average molecular weight is 667 g/mol. The summed E-state index contributed by atoms with van der Waals surface area (Å²) in [6.45, 7) is 0.228. The number of fused-ring (bicyclic) bond motifs is 2. The van der Waals surface area contributed by atoms with Crippen LogP contribution in [0.2, 0.25) is 0 Å². The zero-order chi connectivity index (χ0) is 34.7. The Balaban J connectivity index is 1.07. The summed E-state index contributed by atoms with van der Waals surface area (Å²) >= 11 is 0. The number of para-hydroxylation sites is 4. The number of amides is 2. The number of carbonyl (C=O) groups excluding carboxylic acids is 2. The monoisotopic (exact) mass is 666 g/mol. The molecule has 0 radical (unpaired) electrons. The molecular weight excluding hydrogens is 637 g/mol. The molecule has 1 aliphatic heterocycles. The average Bonchev–Trinajstić information content (AvgIpc) is 3.46. The number of benzene rings is 6. The molecule has 0 saturated carbocycles. The standard InChI is InChI=1S/C42H30N6O3/c49-40(30-24-26-33(27-25-30)48-39(29-14-4-1-5-15-29)43-36-22-12-10-20-34(36)41(48)50)45-44-38-35-21-11-13-23-37(35)47(42(38)51)28-46(31-16-6-2-7-17-31)32-18-8-3-9-19-32/h1-27H,28H2,(H,45,49)/b44-38-. The summed E-state index contributed by atoms with van der Waals surface area (Å²) in [6, 6.07) is 50.5. The number of hydrogen-bond acceptors (Lipinski definition) is 6.